The molecule has 2 heterocycles. The first-order valence-electron chi connectivity index (χ1n) is 5.78. The second-order valence-corrected chi connectivity index (χ2v) is 4.15. The van der Waals surface area contributed by atoms with Gasteiger partial charge in [-0.25, -0.2) is 0 Å². The van der Waals surface area contributed by atoms with Gasteiger partial charge in [0.05, 0.1) is 12.7 Å². The second-order valence-electron chi connectivity index (χ2n) is 4.15. The molecule has 1 N–H and O–H groups in total. The standard InChI is InChI=1S/C13H13NO4/c15-13(14-6-10-7-16-10)4-2-9-1-3-11-12(5-9)18-8-17-11/h1-5,10H,6-8H2,(H,14,15)/b4-2+/t10-/m0/s1. The average Bonchev–Trinajstić information content (AvgIpc) is 3.10. The molecule has 1 atom stereocenters. The summed E-state index contributed by atoms with van der Waals surface area (Å²) in [5.41, 5.74) is 0.900. The number of benzene rings is 1. The van der Waals surface area contributed by atoms with Crippen molar-refractivity contribution in [3.8, 4) is 11.5 Å². The monoisotopic (exact) mass is 247 g/mol. The summed E-state index contributed by atoms with van der Waals surface area (Å²) < 4.78 is 15.5. The summed E-state index contributed by atoms with van der Waals surface area (Å²) in [5, 5.41) is 2.76. The quantitative estimate of drug-likeness (QED) is 0.635. The lowest BCUT2D eigenvalue weighted by Gasteiger charge is -1.99. The van der Waals surface area contributed by atoms with E-state index < -0.39 is 0 Å². The van der Waals surface area contributed by atoms with E-state index in [2.05, 4.69) is 5.32 Å². The summed E-state index contributed by atoms with van der Waals surface area (Å²) in [6.07, 6.45) is 3.44. The van der Waals surface area contributed by atoms with Gasteiger partial charge in [-0.05, 0) is 23.8 Å². The van der Waals surface area contributed by atoms with Crippen molar-refractivity contribution in [1.82, 2.24) is 5.32 Å². The van der Waals surface area contributed by atoms with Crippen LogP contribution >= 0.6 is 0 Å². The van der Waals surface area contributed by atoms with Crippen LogP contribution in [0, 0.1) is 0 Å². The van der Waals surface area contributed by atoms with E-state index in [4.69, 9.17) is 14.2 Å². The van der Waals surface area contributed by atoms with Crippen molar-refractivity contribution in [2.45, 2.75) is 6.10 Å². The minimum Gasteiger partial charge on any atom is -0.454 e. The van der Waals surface area contributed by atoms with Crippen LogP contribution in [0.2, 0.25) is 0 Å². The first-order valence-corrected chi connectivity index (χ1v) is 5.78. The Morgan fingerprint density at radius 1 is 1.39 bits per heavy atom. The van der Waals surface area contributed by atoms with Gasteiger partial charge in [-0.1, -0.05) is 6.07 Å². The molecule has 0 unspecified atom stereocenters. The van der Waals surface area contributed by atoms with Gasteiger partial charge in [-0.3, -0.25) is 4.79 Å². The maximum atomic E-state index is 11.5. The molecule has 2 aliphatic heterocycles. The first kappa shape index (κ1) is 11.1. The smallest absolute Gasteiger partial charge is 0.244 e. The van der Waals surface area contributed by atoms with E-state index in [-0.39, 0.29) is 18.8 Å². The van der Waals surface area contributed by atoms with Gasteiger partial charge in [0.2, 0.25) is 12.7 Å². The Morgan fingerprint density at radius 3 is 3.06 bits per heavy atom. The summed E-state index contributed by atoms with van der Waals surface area (Å²) in [5.74, 6) is 1.33. The van der Waals surface area contributed by atoms with E-state index in [9.17, 15) is 4.79 Å². The lowest BCUT2D eigenvalue weighted by molar-refractivity contribution is -0.116. The molecule has 0 radical (unpaired) electrons. The highest BCUT2D eigenvalue weighted by molar-refractivity contribution is 5.91. The summed E-state index contributed by atoms with van der Waals surface area (Å²) in [6.45, 7) is 1.57. The molecule has 0 spiro atoms. The van der Waals surface area contributed by atoms with Gasteiger partial charge in [0.15, 0.2) is 11.5 Å². The summed E-state index contributed by atoms with van der Waals surface area (Å²) >= 11 is 0. The number of ether oxygens (including phenoxy) is 3. The Balaban J connectivity index is 1.59. The number of carbonyl (C=O) groups is 1. The van der Waals surface area contributed by atoms with Crippen molar-refractivity contribution in [3.05, 3.63) is 29.8 Å². The molecular formula is C13H13NO4. The molecule has 1 aromatic carbocycles. The average molecular weight is 247 g/mol. The van der Waals surface area contributed by atoms with Crippen LogP contribution in [0.25, 0.3) is 6.08 Å². The van der Waals surface area contributed by atoms with E-state index in [1.807, 2.05) is 18.2 Å². The van der Waals surface area contributed by atoms with Crippen molar-refractivity contribution in [1.29, 1.82) is 0 Å². The largest absolute Gasteiger partial charge is 0.454 e. The highest BCUT2D eigenvalue weighted by atomic mass is 16.7. The molecule has 5 heteroatoms. The summed E-state index contributed by atoms with van der Waals surface area (Å²) in [6, 6.07) is 5.55. The zero-order valence-corrected chi connectivity index (χ0v) is 9.72. The Labute approximate surface area is 104 Å². The predicted molar refractivity (Wildman–Crippen MR) is 64.3 cm³/mol. The number of hydrogen-bond donors (Lipinski definition) is 1. The van der Waals surface area contributed by atoms with Crippen molar-refractivity contribution in [3.63, 3.8) is 0 Å². The fraction of sp³-hybridized carbons (Fsp3) is 0.308. The van der Waals surface area contributed by atoms with Gasteiger partial charge < -0.3 is 19.5 Å². The highest BCUT2D eigenvalue weighted by Gasteiger charge is 2.22. The number of fused-ring (bicyclic) bond motifs is 1. The molecule has 5 nitrogen and oxygen atoms in total. The zero-order valence-electron chi connectivity index (χ0n) is 9.72. The third kappa shape index (κ3) is 2.62. The van der Waals surface area contributed by atoms with Crippen LogP contribution in [0.3, 0.4) is 0 Å². The Morgan fingerprint density at radius 2 is 2.22 bits per heavy atom. The van der Waals surface area contributed by atoms with E-state index in [0.717, 1.165) is 17.9 Å². The van der Waals surface area contributed by atoms with Crippen molar-refractivity contribution >= 4 is 12.0 Å². The number of rotatable bonds is 4. The van der Waals surface area contributed by atoms with Gasteiger partial charge in [0, 0.05) is 12.6 Å². The maximum Gasteiger partial charge on any atom is 0.244 e. The molecule has 0 bridgehead atoms. The number of hydrogen-bond acceptors (Lipinski definition) is 4. The zero-order chi connectivity index (χ0) is 12.4. The molecule has 94 valence electrons. The van der Waals surface area contributed by atoms with E-state index in [0.29, 0.717) is 12.3 Å². The summed E-state index contributed by atoms with van der Waals surface area (Å²) in [7, 11) is 0. The molecule has 2 aliphatic rings. The normalized spacial score (nSPS) is 20.1. The molecule has 0 aromatic heterocycles. The van der Waals surface area contributed by atoms with Gasteiger partial charge in [0.1, 0.15) is 0 Å². The van der Waals surface area contributed by atoms with Gasteiger partial charge in [-0.2, -0.15) is 0 Å². The number of amides is 1. The van der Waals surface area contributed by atoms with Crippen LogP contribution in [0.5, 0.6) is 11.5 Å². The van der Waals surface area contributed by atoms with Crippen molar-refractivity contribution in [2.24, 2.45) is 0 Å². The number of carbonyl (C=O) groups excluding carboxylic acids is 1. The van der Waals surface area contributed by atoms with Crippen molar-refractivity contribution < 1.29 is 19.0 Å². The van der Waals surface area contributed by atoms with Crippen molar-refractivity contribution in [2.75, 3.05) is 19.9 Å². The lowest BCUT2D eigenvalue weighted by Crippen LogP contribution is -2.25. The molecule has 3 rings (SSSR count). The lowest BCUT2D eigenvalue weighted by atomic mass is 10.2. The molecule has 1 saturated heterocycles. The van der Waals surface area contributed by atoms with Crippen LogP contribution < -0.4 is 14.8 Å². The van der Waals surface area contributed by atoms with E-state index in [1.54, 1.807) is 6.08 Å². The van der Waals surface area contributed by atoms with Gasteiger partial charge in [0.25, 0.3) is 0 Å². The van der Waals surface area contributed by atoms with Crippen LogP contribution in [0.15, 0.2) is 24.3 Å². The molecule has 1 amide bonds. The predicted octanol–water partition coefficient (Wildman–Crippen LogP) is 0.944. The molecule has 1 aromatic rings. The fourth-order valence-electron chi connectivity index (χ4n) is 1.65. The van der Waals surface area contributed by atoms with Crippen LogP contribution in [0.4, 0.5) is 0 Å². The fourth-order valence-corrected chi connectivity index (χ4v) is 1.65. The van der Waals surface area contributed by atoms with Gasteiger partial charge in [-0.15, -0.1) is 0 Å². The number of epoxide rings is 1. The van der Waals surface area contributed by atoms with E-state index >= 15 is 0 Å². The molecule has 0 saturated carbocycles. The van der Waals surface area contributed by atoms with E-state index in [1.165, 1.54) is 6.08 Å². The second kappa shape index (κ2) is 4.70. The van der Waals surface area contributed by atoms with Gasteiger partial charge >= 0.3 is 0 Å². The molecular weight excluding hydrogens is 234 g/mol. The first-order chi connectivity index (χ1) is 8.81. The minimum atomic E-state index is -0.122. The topological polar surface area (TPSA) is 60.1 Å². The minimum absolute atomic E-state index is 0.122. The highest BCUT2D eigenvalue weighted by Crippen LogP contribution is 2.32. The molecule has 0 aliphatic carbocycles. The van der Waals surface area contributed by atoms with Crippen LogP contribution in [-0.4, -0.2) is 32.0 Å². The maximum absolute atomic E-state index is 11.5. The SMILES string of the molecule is O=C(/C=C/c1ccc2c(c1)OCO2)NC[C@H]1CO1. The third-order valence-corrected chi connectivity index (χ3v) is 2.73. The Bertz CT molecular complexity index is 494. The Kier molecular flexibility index (Phi) is 2.90. The number of nitrogens with one attached hydrogen (secondary N) is 1. The summed E-state index contributed by atoms with van der Waals surface area (Å²) in [4.78, 5) is 11.5. The van der Waals surface area contributed by atoms with Crippen LogP contribution in [-0.2, 0) is 9.53 Å². The molecule has 18 heavy (non-hydrogen) atoms. The van der Waals surface area contributed by atoms with Crippen LogP contribution in [0.1, 0.15) is 5.56 Å². The third-order valence-electron chi connectivity index (χ3n) is 2.73. The molecule has 1 fully saturated rings. The Hall–Kier alpha value is -2.01.